The highest BCUT2D eigenvalue weighted by Crippen LogP contribution is 2.48. The number of Topliss-reactive ketones (excluding diaryl/α,β-unsaturated/α-hetero) is 1. The van der Waals surface area contributed by atoms with Crippen LogP contribution in [0.5, 0.6) is 0 Å². The molecule has 40 heavy (non-hydrogen) atoms. The molecule has 1 aliphatic carbocycles. The molecule has 4 saturated heterocycles. The van der Waals surface area contributed by atoms with Gasteiger partial charge in [0.2, 0.25) is 0 Å². The third kappa shape index (κ3) is 4.63. The third-order valence-corrected chi connectivity index (χ3v) is 12.7. The van der Waals surface area contributed by atoms with Crippen LogP contribution in [0.3, 0.4) is 0 Å². The summed E-state index contributed by atoms with van der Waals surface area (Å²) in [4.78, 5) is 25.2. The van der Waals surface area contributed by atoms with Crippen LogP contribution in [0.15, 0.2) is 23.8 Å². The SMILES string of the molecule is C=CC1C2CC3NC(CC4NC5C(CC(=O)C5C4C)C4NC(CC(N2)C1C)C(C)C4CCC(=O)O)C(CC)=C3C. The maximum atomic E-state index is 13.6. The lowest BCUT2D eigenvalue weighted by Gasteiger charge is -2.31. The number of hydrogen-bond acceptors (Lipinski definition) is 6. The van der Waals surface area contributed by atoms with Gasteiger partial charge in [-0.25, -0.2) is 0 Å². The van der Waals surface area contributed by atoms with Crippen LogP contribution in [0.1, 0.15) is 79.6 Å². The molecule has 5 N–H and O–H groups in total. The van der Waals surface area contributed by atoms with Gasteiger partial charge in [0.05, 0.1) is 0 Å². The third-order valence-electron chi connectivity index (χ3n) is 12.7. The molecule has 0 aromatic rings. The van der Waals surface area contributed by atoms with E-state index in [1.807, 2.05) is 0 Å². The minimum atomic E-state index is -0.721. The van der Waals surface area contributed by atoms with E-state index in [1.165, 1.54) is 5.57 Å². The van der Waals surface area contributed by atoms with Crippen LogP contribution >= 0.6 is 0 Å². The molecule has 5 fully saturated rings. The zero-order chi connectivity index (χ0) is 28.5. The molecule has 0 spiro atoms. The number of rotatable bonds is 5. The van der Waals surface area contributed by atoms with E-state index in [4.69, 9.17) is 0 Å². The molecule has 222 valence electrons. The average molecular weight is 553 g/mol. The van der Waals surface area contributed by atoms with Crippen LogP contribution in [0.25, 0.3) is 0 Å². The van der Waals surface area contributed by atoms with E-state index < -0.39 is 5.97 Å². The molecule has 5 aliphatic heterocycles. The fourth-order valence-electron chi connectivity index (χ4n) is 10.5. The van der Waals surface area contributed by atoms with Crippen molar-refractivity contribution < 1.29 is 14.7 Å². The summed E-state index contributed by atoms with van der Waals surface area (Å²) in [5.41, 5.74) is 3.08. The van der Waals surface area contributed by atoms with Gasteiger partial charge in [-0.1, -0.05) is 44.9 Å². The van der Waals surface area contributed by atoms with Gasteiger partial charge in [-0.3, -0.25) is 9.59 Å². The Balaban J connectivity index is 1.36. The molecule has 0 aromatic heterocycles. The summed E-state index contributed by atoms with van der Waals surface area (Å²) in [5, 5.41) is 25.8. The Kier molecular flexibility index (Phi) is 7.82. The average Bonchev–Trinajstić information content (AvgIpc) is 3.65. The van der Waals surface area contributed by atoms with E-state index in [0.717, 1.165) is 25.7 Å². The lowest BCUT2D eigenvalue weighted by Crippen LogP contribution is -2.48. The van der Waals surface area contributed by atoms with Crippen molar-refractivity contribution in [2.45, 2.75) is 128 Å². The second-order valence-corrected chi connectivity index (χ2v) is 14.4. The number of ketones is 1. The van der Waals surface area contributed by atoms with Gasteiger partial charge in [0, 0.05) is 67.1 Å². The summed E-state index contributed by atoms with van der Waals surface area (Å²) in [6.45, 7) is 15.9. The number of hydrogen-bond donors (Lipinski definition) is 5. The molecule has 6 rings (SSSR count). The van der Waals surface area contributed by atoms with E-state index in [2.05, 4.69) is 68.5 Å². The monoisotopic (exact) mass is 552 g/mol. The maximum absolute atomic E-state index is 13.6. The van der Waals surface area contributed by atoms with Crippen molar-refractivity contribution in [2.24, 2.45) is 41.4 Å². The number of carbonyl (C=O) groups excluding carboxylic acids is 1. The summed E-state index contributed by atoms with van der Waals surface area (Å²) >= 11 is 0. The van der Waals surface area contributed by atoms with E-state index in [0.29, 0.717) is 78.5 Å². The van der Waals surface area contributed by atoms with E-state index in [-0.39, 0.29) is 36.3 Å². The first kappa shape index (κ1) is 28.6. The first-order valence-electron chi connectivity index (χ1n) is 16.2. The molecular formula is C33H52N4O3. The number of carboxylic acid groups (broad SMARTS) is 1. The summed E-state index contributed by atoms with van der Waals surface area (Å²) < 4.78 is 0. The highest BCUT2D eigenvalue weighted by atomic mass is 16.4. The van der Waals surface area contributed by atoms with Crippen LogP contribution in [-0.2, 0) is 9.59 Å². The van der Waals surface area contributed by atoms with Crippen LogP contribution in [0, 0.1) is 41.4 Å². The lowest BCUT2D eigenvalue weighted by atomic mass is 9.77. The molecule has 1 saturated carbocycles. The van der Waals surface area contributed by atoms with Gasteiger partial charge in [0.1, 0.15) is 5.78 Å². The topological polar surface area (TPSA) is 102 Å². The van der Waals surface area contributed by atoms with E-state index in [1.54, 1.807) is 5.57 Å². The van der Waals surface area contributed by atoms with Gasteiger partial charge >= 0.3 is 5.97 Å². The summed E-state index contributed by atoms with van der Waals surface area (Å²) in [6.07, 6.45) is 7.85. The molecule has 6 aliphatic rings. The Hall–Kier alpha value is -1.54. The fourth-order valence-corrected chi connectivity index (χ4v) is 10.5. The highest BCUT2D eigenvalue weighted by molar-refractivity contribution is 5.85. The lowest BCUT2D eigenvalue weighted by molar-refractivity contribution is -0.137. The Morgan fingerprint density at radius 2 is 1.60 bits per heavy atom. The summed E-state index contributed by atoms with van der Waals surface area (Å²) in [7, 11) is 0. The predicted molar refractivity (Wildman–Crippen MR) is 158 cm³/mol. The molecule has 7 nitrogen and oxygen atoms in total. The van der Waals surface area contributed by atoms with Crippen LogP contribution in [-0.4, -0.2) is 65.2 Å². The Morgan fingerprint density at radius 1 is 0.925 bits per heavy atom. The van der Waals surface area contributed by atoms with Gasteiger partial charge in [-0.05, 0) is 74.5 Å². The highest BCUT2D eigenvalue weighted by Gasteiger charge is 2.58. The number of aliphatic carboxylic acids is 1. The van der Waals surface area contributed by atoms with Crippen molar-refractivity contribution in [1.82, 2.24) is 21.3 Å². The van der Waals surface area contributed by atoms with Crippen molar-refractivity contribution >= 4 is 11.8 Å². The van der Waals surface area contributed by atoms with Crippen molar-refractivity contribution in [2.75, 3.05) is 0 Å². The Labute approximate surface area is 240 Å². The van der Waals surface area contributed by atoms with Gasteiger partial charge in [0.15, 0.2) is 0 Å². The molecule has 15 atom stereocenters. The number of nitrogens with one attached hydrogen (secondary N) is 4. The normalized spacial score (nSPS) is 50.1. The van der Waals surface area contributed by atoms with Crippen molar-refractivity contribution in [1.29, 1.82) is 0 Å². The summed E-state index contributed by atoms with van der Waals surface area (Å²) in [5.74, 6) is 1.85. The standard InChI is InChI=1S/C33H52N4O3/c1-7-19-15(3)23-12-25-17(5)21(9-10-30(39)40)32(36-25)22-11-29(38)31-18(6)26(37-33(22)31)14-28-20(8-2)16(4)24(35-28)13-27(19)34-23/h7,15,17-19,21-28,31-37H,1,8-14H2,2-6H3,(H,39,40). The predicted octanol–water partition coefficient (Wildman–Crippen LogP) is 3.66. The number of carboxylic acids is 1. The van der Waals surface area contributed by atoms with Gasteiger partial charge in [-0.15, -0.1) is 6.58 Å². The molecule has 0 aromatic carbocycles. The fraction of sp³-hybridized carbons (Fsp3) is 0.818. The van der Waals surface area contributed by atoms with Gasteiger partial charge in [0.25, 0.3) is 0 Å². The van der Waals surface area contributed by atoms with Crippen molar-refractivity contribution in [3.63, 3.8) is 0 Å². The molecule has 5 heterocycles. The molecule has 15 unspecified atom stereocenters. The minimum Gasteiger partial charge on any atom is -0.481 e. The van der Waals surface area contributed by atoms with Crippen LogP contribution in [0.2, 0.25) is 0 Å². The van der Waals surface area contributed by atoms with Gasteiger partial charge in [-0.2, -0.15) is 0 Å². The second kappa shape index (κ2) is 10.9. The first-order chi connectivity index (χ1) is 19.1. The minimum absolute atomic E-state index is 0.0698. The Morgan fingerprint density at radius 3 is 2.30 bits per heavy atom. The first-order valence-corrected chi connectivity index (χ1v) is 16.2. The number of carbonyl (C=O) groups is 2. The van der Waals surface area contributed by atoms with Crippen LogP contribution < -0.4 is 21.3 Å². The van der Waals surface area contributed by atoms with E-state index >= 15 is 0 Å². The molecule has 0 amide bonds. The molecule has 8 bridgehead atoms. The quantitative estimate of drug-likeness (QED) is 0.332. The summed E-state index contributed by atoms with van der Waals surface area (Å²) in [6, 6.07) is 2.48. The molecular weight excluding hydrogens is 500 g/mol. The van der Waals surface area contributed by atoms with Crippen LogP contribution in [0.4, 0.5) is 0 Å². The van der Waals surface area contributed by atoms with Gasteiger partial charge < -0.3 is 26.4 Å². The van der Waals surface area contributed by atoms with Crippen molar-refractivity contribution in [3.05, 3.63) is 23.8 Å². The zero-order valence-electron chi connectivity index (χ0n) is 25.2. The van der Waals surface area contributed by atoms with Crippen molar-refractivity contribution in [3.8, 4) is 0 Å². The second-order valence-electron chi connectivity index (χ2n) is 14.4. The largest absolute Gasteiger partial charge is 0.481 e. The molecule has 7 heteroatoms. The Bertz CT molecular complexity index is 1060. The smallest absolute Gasteiger partial charge is 0.303 e. The number of fused-ring (bicyclic) bond motifs is 8. The van der Waals surface area contributed by atoms with E-state index in [9.17, 15) is 14.7 Å². The maximum Gasteiger partial charge on any atom is 0.303 e. The molecule has 0 radical (unpaired) electrons. The zero-order valence-corrected chi connectivity index (χ0v) is 25.2.